The zero-order chi connectivity index (χ0) is 16.4. The molecule has 0 saturated carbocycles. The third-order valence-electron chi connectivity index (χ3n) is 3.45. The zero-order valence-electron chi connectivity index (χ0n) is 12.3. The van der Waals surface area contributed by atoms with Crippen molar-refractivity contribution in [2.45, 2.75) is 24.3 Å². The van der Waals surface area contributed by atoms with Crippen molar-refractivity contribution >= 4 is 16.0 Å². The van der Waals surface area contributed by atoms with Crippen molar-refractivity contribution < 1.29 is 18.3 Å². The van der Waals surface area contributed by atoms with Crippen LogP contribution in [-0.2, 0) is 20.4 Å². The molecule has 0 bridgehead atoms. The van der Waals surface area contributed by atoms with Crippen molar-refractivity contribution in [3.8, 4) is 0 Å². The first-order valence-corrected chi connectivity index (χ1v) is 8.13. The van der Waals surface area contributed by atoms with Crippen molar-refractivity contribution in [3.63, 3.8) is 0 Å². The molecule has 0 radical (unpaired) electrons. The van der Waals surface area contributed by atoms with Crippen LogP contribution in [0.2, 0.25) is 0 Å². The monoisotopic (exact) mass is 319 g/mol. The summed E-state index contributed by atoms with van der Waals surface area (Å²) in [4.78, 5) is 11.7. The Morgan fingerprint density at radius 2 is 1.59 bits per heavy atom. The van der Waals surface area contributed by atoms with E-state index in [-0.39, 0.29) is 4.90 Å². The fraction of sp³-hybridized carbons (Fsp3) is 0.188. The maximum atomic E-state index is 12.5. The molecule has 22 heavy (non-hydrogen) atoms. The summed E-state index contributed by atoms with van der Waals surface area (Å²) in [5.74, 6) is -1.27. The minimum atomic E-state index is -3.96. The molecule has 2 aromatic carbocycles. The van der Waals surface area contributed by atoms with Crippen LogP contribution < -0.4 is 4.72 Å². The van der Waals surface area contributed by atoms with Gasteiger partial charge >= 0.3 is 5.97 Å². The molecule has 6 heteroatoms. The van der Waals surface area contributed by atoms with Gasteiger partial charge in [0.15, 0.2) is 5.54 Å². The molecule has 1 unspecified atom stereocenters. The number of sulfonamides is 1. The van der Waals surface area contributed by atoms with Gasteiger partial charge in [0, 0.05) is 0 Å². The molecule has 0 amide bonds. The number of aryl methyl sites for hydroxylation is 1. The fourth-order valence-corrected chi connectivity index (χ4v) is 3.40. The minimum absolute atomic E-state index is 0.0292. The summed E-state index contributed by atoms with van der Waals surface area (Å²) in [5, 5.41) is 9.51. The number of carboxylic acids is 1. The van der Waals surface area contributed by atoms with E-state index in [9.17, 15) is 18.3 Å². The number of nitrogens with one attached hydrogen (secondary N) is 1. The van der Waals surface area contributed by atoms with Gasteiger partial charge in [-0.15, -0.1) is 0 Å². The number of carboxylic acid groups (broad SMARTS) is 1. The van der Waals surface area contributed by atoms with Gasteiger partial charge in [0.25, 0.3) is 0 Å². The second-order valence-electron chi connectivity index (χ2n) is 5.21. The number of carbonyl (C=O) groups is 1. The fourth-order valence-electron chi connectivity index (χ4n) is 2.04. The molecule has 5 nitrogen and oxygen atoms in total. The van der Waals surface area contributed by atoms with E-state index >= 15 is 0 Å². The van der Waals surface area contributed by atoms with E-state index in [0.29, 0.717) is 5.56 Å². The molecule has 116 valence electrons. The van der Waals surface area contributed by atoms with Gasteiger partial charge in [0.05, 0.1) is 4.90 Å². The lowest BCUT2D eigenvalue weighted by Crippen LogP contribution is -2.49. The molecular formula is C16H17NO4S. The summed E-state index contributed by atoms with van der Waals surface area (Å²) >= 11 is 0. The molecule has 2 rings (SSSR count). The predicted octanol–water partition coefficient (Wildman–Crippen LogP) is 2.27. The van der Waals surface area contributed by atoms with Crippen LogP contribution in [0.3, 0.4) is 0 Å². The van der Waals surface area contributed by atoms with E-state index in [4.69, 9.17) is 0 Å². The molecule has 0 aliphatic heterocycles. The van der Waals surface area contributed by atoms with Crippen molar-refractivity contribution in [3.05, 3.63) is 65.7 Å². The van der Waals surface area contributed by atoms with Crippen molar-refractivity contribution in [1.29, 1.82) is 0 Å². The maximum Gasteiger partial charge on any atom is 0.329 e. The molecular weight excluding hydrogens is 302 g/mol. The standard InChI is InChI=1S/C16H17NO4S/c1-12-8-10-14(11-9-12)22(20,21)17-16(2,15(18)19)13-6-4-3-5-7-13/h3-11,17H,1-2H3,(H,18,19). The summed E-state index contributed by atoms with van der Waals surface area (Å²) in [6.07, 6.45) is 0. The summed E-state index contributed by atoms with van der Waals surface area (Å²) in [5.41, 5.74) is -0.466. The Kier molecular flexibility index (Phi) is 4.35. The number of rotatable bonds is 5. The van der Waals surface area contributed by atoms with Crippen LogP contribution in [0, 0.1) is 6.92 Å². The van der Waals surface area contributed by atoms with E-state index in [2.05, 4.69) is 4.72 Å². The molecule has 0 fully saturated rings. The van der Waals surface area contributed by atoms with Crippen LogP contribution in [0.15, 0.2) is 59.5 Å². The van der Waals surface area contributed by atoms with Gasteiger partial charge in [-0.3, -0.25) is 0 Å². The van der Waals surface area contributed by atoms with Crippen molar-refractivity contribution in [2.75, 3.05) is 0 Å². The Labute approximate surface area is 129 Å². The minimum Gasteiger partial charge on any atom is -0.480 e. The number of hydrogen-bond donors (Lipinski definition) is 2. The van der Waals surface area contributed by atoms with Gasteiger partial charge in [-0.05, 0) is 31.5 Å². The van der Waals surface area contributed by atoms with Crippen LogP contribution in [0.4, 0.5) is 0 Å². The maximum absolute atomic E-state index is 12.5. The first kappa shape index (κ1) is 16.2. The van der Waals surface area contributed by atoms with Crippen LogP contribution in [0.5, 0.6) is 0 Å². The lowest BCUT2D eigenvalue weighted by molar-refractivity contribution is -0.143. The molecule has 0 aliphatic carbocycles. The summed E-state index contributed by atoms with van der Waals surface area (Å²) in [6.45, 7) is 3.17. The molecule has 0 aromatic heterocycles. The molecule has 0 spiro atoms. The lowest BCUT2D eigenvalue weighted by atomic mass is 9.94. The highest BCUT2D eigenvalue weighted by Crippen LogP contribution is 2.24. The van der Waals surface area contributed by atoms with Crippen molar-refractivity contribution in [2.24, 2.45) is 0 Å². The second-order valence-corrected chi connectivity index (χ2v) is 6.90. The summed E-state index contributed by atoms with van der Waals surface area (Å²) in [7, 11) is -3.96. The summed E-state index contributed by atoms with van der Waals surface area (Å²) in [6, 6.07) is 14.4. The van der Waals surface area contributed by atoms with Gasteiger partial charge in [-0.2, -0.15) is 4.72 Å². The topological polar surface area (TPSA) is 83.5 Å². The summed E-state index contributed by atoms with van der Waals surface area (Å²) < 4.78 is 27.2. The van der Waals surface area contributed by atoms with E-state index in [1.807, 2.05) is 6.92 Å². The Balaban J connectivity index is 2.44. The quantitative estimate of drug-likeness (QED) is 0.885. The molecule has 0 saturated heterocycles. The highest BCUT2D eigenvalue weighted by atomic mass is 32.2. The first-order valence-electron chi connectivity index (χ1n) is 6.65. The van der Waals surface area contributed by atoms with Gasteiger partial charge in [0.2, 0.25) is 10.0 Å². The lowest BCUT2D eigenvalue weighted by Gasteiger charge is -2.26. The Bertz CT molecular complexity index is 770. The van der Waals surface area contributed by atoms with E-state index < -0.39 is 21.5 Å². The third-order valence-corrected chi connectivity index (χ3v) is 5.02. The van der Waals surface area contributed by atoms with Gasteiger partial charge in [-0.1, -0.05) is 48.0 Å². The molecule has 0 aliphatic rings. The van der Waals surface area contributed by atoms with E-state index in [1.54, 1.807) is 42.5 Å². The first-order chi connectivity index (χ1) is 10.3. The van der Waals surface area contributed by atoms with Crippen LogP contribution in [0.25, 0.3) is 0 Å². The highest BCUT2D eigenvalue weighted by Gasteiger charge is 2.39. The molecule has 0 heterocycles. The molecule has 2 aromatic rings. The van der Waals surface area contributed by atoms with Crippen LogP contribution in [0.1, 0.15) is 18.1 Å². The van der Waals surface area contributed by atoms with Gasteiger partial charge in [-0.25, -0.2) is 13.2 Å². The predicted molar refractivity (Wildman–Crippen MR) is 82.9 cm³/mol. The largest absolute Gasteiger partial charge is 0.480 e. The van der Waals surface area contributed by atoms with E-state index in [1.165, 1.54) is 19.1 Å². The van der Waals surface area contributed by atoms with Gasteiger partial charge in [0.1, 0.15) is 0 Å². The highest BCUT2D eigenvalue weighted by molar-refractivity contribution is 7.89. The second kappa shape index (κ2) is 5.90. The average Bonchev–Trinajstić information content (AvgIpc) is 2.48. The third kappa shape index (κ3) is 3.18. The van der Waals surface area contributed by atoms with Crippen molar-refractivity contribution in [1.82, 2.24) is 4.72 Å². The number of hydrogen-bond acceptors (Lipinski definition) is 3. The van der Waals surface area contributed by atoms with Crippen LogP contribution >= 0.6 is 0 Å². The smallest absolute Gasteiger partial charge is 0.329 e. The Morgan fingerprint density at radius 3 is 2.09 bits per heavy atom. The number of benzene rings is 2. The van der Waals surface area contributed by atoms with E-state index in [0.717, 1.165) is 5.56 Å². The molecule has 2 N–H and O–H groups in total. The Hall–Kier alpha value is -2.18. The normalized spacial score (nSPS) is 14.3. The van der Waals surface area contributed by atoms with Gasteiger partial charge < -0.3 is 5.11 Å². The number of aliphatic carboxylic acids is 1. The zero-order valence-corrected chi connectivity index (χ0v) is 13.1. The average molecular weight is 319 g/mol. The molecule has 1 atom stereocenters. The SMILES string of the molecule is Cc1ccc(S(=O)(=O)NC(C)(C(=O)O)c2ccccc2)cc1. The Morgan fingerprint density at radius 1 is 1.05 bits per heavy atom. The van der Waals surface area contributed by atoms with Crippen LogP contribution in [-0.4, -0.2) is 19.5 Å².